The number of carbonyl (C=O) groups excluding carboxylic acids is 3. The average Bonchev–Trinajstić information content (AvgIpc) is 3.10. The van der Waals surface area contributed by atoms with Gasteiger partial charge < -0.3 is 19.4 Å². The van der Waals surface area contributed by atoms with Gasteiger partial charge in [-0.3, -0.25) is 9.59 Å². The fourth-order valence-corrected chi connectivity index (χ4v) is 4.39. The number of esters is 1. The lowest BCUT2D eigenvalue weighted by Gasteiger charge is -2.34. The van der Waals surface area contributed by atoms with E-state index in [1.165, 1.54) is 7.11 Å². The number of carbonyl (C=O) groups is 3. The van der Waals surface area contributed by atoms with Crippen molar-refractivity contribution in [3.63, 3.8) is 0 Å². The minimum Gasteiger partial charge on any atom is -0.497 e. The summed E-state index contributed by atoms with van der Waals surface area (Å²) >= 11 is 0. The van der Waals surface area contributed by atoms with Gasteiger partial charge in [-0.25, -0.2) is 4.79 Å². The zero-order valence-electron chi connectivity index (χ0n) is 18.6. The molecule has 1 aliphatic rings. The number of Topliss-reactive ketones (excluding diaryl/α,β-unsaturated/α-hetero) is 1. The fraction of sp³-hybridized carbons (Fsp3) is 0.458. The third kappa shape index (κ3) is 4.81. The second kappa shape index (κ2) is 9.81. The van der Waals surface area contributed by atoms with E-state index in [9.17, 15) is 14.4 Å². The first kappa shape index (κ1) is 22.6. The van der Waals surface area contributed by atoms with Crippen molar-refractivity contribution in [3.8, 4) is 5.75 Å². The smallest absolute Gasteiger partial charge is 0.354 e. The zero-order chi connectivity index (χ0) is 22.5. The quantitative estimate of drug-likeness (QED) is 0.532. The van der Waals surface area contributed by atoms with Gasteiger partial charge in [-0.1, -0.05) is 25.3 Å². The molecule has 3 rings (SSSR count). The molecule has 0 unspecified atom stereocenters. The molecule has 1 saturated carbocycles. The van der Waals surface area contributed by atoms with Crippen molar-refractivity contribution in [1.29, 1.82) is 0 Å². The van der Waals surface area contributed by atoms with E-state index in [-0.39, 0.29) is 30.0 Å². The number of aryl methyl sites for hydroxylation is 1. The maximum Gasteiger partial charge on any atom is 0.354 e. The second-order valence-electron chi connectivity index (χ2n) is 8.00. The predicted molar refractivity (Wildman–Crippen MR) is 117 cm³/mol. The summed E-state index contributed by atoms with van der Waals surface area (Å²) in [6.45, 7) is 3.43. The van der Waals surface area contributed by atoms with Crippen LogP contribution >= 0.6 is 0 Å². The van der Waals surface area contributed by atoms with Gasteiger partial charge in [0.2, 0.25) is 0 Å². The fourth-order valence-electron chi connectivity index (χ4n) is 4.39. The Balaban J connectivity index is 1.92. The van der Waals surface area contributed by atoms with Crippen molar-refractivity contribution in [3.05, 3.63) is 52.3 Å². The van der Waals surface area contributed by atoms with Crippen LogP contribution in [0.15, 0.2) is 24.3 Å². The van der Waals surface area contributed by atoms with E-state index in [1.807, 2.05) is 0 Å². The molecular weight excluding hydrogens is 396 g/mol. The van der Waals surface area contributed by atoms with Crippen molar-refractivity contribution >= 4 is 17.7 Å². The van der Waals surface area contributed by atoms with E-state index >= 15 is 0 Å². The molecule has 166 valence electrons. The molecular formula is C24H30N2O5. The Labute approximate surface area is 182 Å². The van der Waals surface area contributed by atoms with Crippen LogP contribution in [0.25, 0.3) is 0 Å². The van der Waals surface area contributed by atoms with Crippen molar-refractivity contribution in [2.75, 3.05) is 20.8 Å². The number of H-pyrrole nitrogens is 1. The lowest BCUT2D eigenvalue weighted by molar-refractivity contribution is 0.0588. The third-order valence-electron chi connectivity index (χ3n) is 6.01. The first-order chi connectivity index (χ1) is 14.9. The SMILES string of the molecule is COC(=O)c1[nH]c(C)c(C(=O)CN(C(=O)c2cccc(OC)c2)C2CCCCC2)c1C. The molecule has 0 spiro atoms. The maximum atomic E-state index is 13.4. The van der Waals surface area contributed by atoms with Gasteiger partial charge in [-0.05, 0) is 50.5 Å². The van der Waals surface area contributed by atoms with Gasteiger partial charge in [-0.15, -0.1) is 0 Å². The number of nitrogens with one attached hydrogen (secondary N) is 1. The summed E-state index contributed by atoms with van der Waals surface area (Å²) in [5.74, 6) is -0.293. The number of amides is 1. The highest BCUT2D eigenvalue weighted by Gasteiger charge is 2.31. The van der Waals surface area contributed by atoms with Crippen molar-refractivity contribution < 1.29 is 23.9 Å². The van der Waals surface area contributed by atoms with Gasteiger partial charge in [0.25, 0.3) is 5.91 Å². The molecule has 1 aromatic heterocycles. The number of benzene rings is 1. The Bertz CT molecular complexity index is 972. The molecule has 31 heavy (non-hydrogen) atoms. The highest BCUT2D eigenvalue weighted by molar-refractivity contribution is 6.06. The Morgan fingerprint density at radius 2 is 1.81 bits per heavy atom. The van der Waals surface area contributed by atoms with Crippen LogP contribution in [0.2, 0.25) is 0 Å². The molecule has 0 radical (unpaired) electrons. The summed E-state index contributed by atoms with van der Waals surface area (Å²) in [5, 5.41) is 0. The van der Waals surface area contributed by atoms with E-state index < -0.39 is 5.97 Å². The molecule has 0 bridgehead atoms. The van der Waals surface area contributed by atoms with Gasteiger partial charge in [0.1, 0.15) is 11.4 Å². The van der Waals surface area contributed by atoms with Crippen LogP contribution in [0.1, 0.15) is 74.6 Å². The minimum atomic E-state index is -0.517. The van der Waals surface area contributed by atoms with Crippen LogP contribution in [0.4, 0.5) is 0 Å². The summed E-state index contributed by atoms with van der Waals surface area (Å²) in [4.78, 5) is 43.4. The summed E-state index contributed by atoms with van der Waals surface area (Å²) in [7, 11) is 2.86. The van der Waals surface area contributed by atoms with Crippen molar-refractivity contribution in [1.82, 2.24) is 9.88 Å². The predicted octanol–water partition coefficient (Wildman–Crippen LogP) is 4.08. The molecule has 0 aliphatic heterocycles. The molecule has 1 heterocycles. The van der Waals surface area contributed by atoms with Crippen LogP contribution in [-0.2, 0) is 4.74 Å². The Morgan fingerprint density at radius 1 is 1.10 bits per heavy atom. The highest BCUT2D eigenvalue weighted by Crippen LogP contribution is 2.27. The number of nitrogens with zero attached hydrogens (tertiary/aromatic N) is 1. The molecule has 7 heteroatoms. The first-order valence-electron chi connectivity index (χ1n) is 10.6. The molecule has 1 aromatic carbocycles. The summed E-state index contributed by atoms with van der Waals surface area (Å²) < 4.78 is 10.1. The normalized spacial score (nSPS) is 14.2. The number of aromatic nitrogens is 1. The van der Waals surface area contributed by atoms with Gasteiger partial charge in [-0.2, -0.15) is 0 Å². The van der Waals surface area contributed by atoms with E-state index in [0.717, 1.165) is 32.1 Å². The van der Waals surface area contributed by atoms with Gasteiger partial charge >= 0.3 is 5.97 Å². The van der Waals surface area contributed by atoms with E-state index in [1.54, 1.807) is 50.1 Å². The topological polar surface area (TPSA) is 88.7 Å². The van der Waals surface area contributed by atoms with Gasteiger partial charge in [0, 0.05) is 22.9 Å². The van der Waals surface area contributed by atoms with E-state index in [2.05, 4.69) is 4.98 Å². The molecule has 1 aliphatic carbocycles. The summed E-state index contributed by atoms with van der Waals surface area (Å²) in [6.07, 6.45) is 4.97. The second-order valence-corrected chi connectivity index (χ2v) is 8.00. The Kier molecular flexibility index (Phi) is 7.15. The summed E-state index contributed by atoms with van der Waals surface area (Å²) in [6, 6.07) is 7.01. The molecule has 0 saturated heterocycles. The van der Waals surface area contributed by atoms with Crippen molar-refractivity contribution in [2.24, 2.45) is 0 Å². The number of hydrogen-bond donors (Lipinski definition) is 1. The molecule has 7 nitrogen and oxygen atoms in total. The number of hydrogen-bond acceptors (Lipinski definition) is 5. The van der Waals surface area contributed by atoms with Crippen LogP contribution < -0.4 is 4.74 Å². The number of ether oxygens (including phenoxy) is 2. The van der Waals surface area contributed by atoms with Crippen LogP contribution in [0.5, 0.6) is 5.75 Å². The molecule has 2 aromatic rings. The van der Waals surface area contributed by atoms with Gasteiger partial charge in [0.15, 0.2) is 5.78 Å². The van der Waals surface area contributed by atoms with Gasteiger partial charge in [0.05, 0.1) is 20.8 Å². The Hall–Kier alpha value is -3.09. The number of methoxy groups -OCH3 is 2. The number of ketones is 1. The monoisotopic (exact) mass is 426 g/mol. The maximum absolute atomic E-state index is 13.4. The van der Waals surface area contributed by atoms with Crippen LogP contribution in [0.3, 0.4) is 0 Å². The summed E-state index contributed by atoms with van der Waals surface area (Å²) in [5.41, 5.74) is 2.36. The van der Waals surface area contributed by atoms with Crippen LogP contribution in [0, 0.1) is 13.8 Å². The zero-order valence-corrected chi connectivity index (χ0v) is 18.6. The molecule has 1 fully saturated rings. The molecule has 1 N–H and O–H groups in total. The largest absolute Gasteiger partial charge is 0.497 e. The average molecular weight is 427 g/mol. The van der Waals surface area contributed by atoms with E-state index in [0.29, 0.717) is 28.1 Å². The third-order valence-corrected chi connectivity index (χ3v) is 6.01. The first-order valence-corrected chi connectivity index (χ1v) is 10.6. The lowest BCUT2D eigenvalue weighted by atomic mass is 9.93. The highest BCUT2D eigenvalue weighted by atomic mass is 16.5. The van der Waals surface area contributed by atoms with E-state index in [4.69, 9.17) is 9.47 Å². The molecule has 0 atom stereocenters. The number of rotatable bonds is 7. The minimum absolute atomic E-state index is 0.0102. The number of aromatic amines is 1. The van der Waals surface area contributed by atoms with Crippen molar-refractivity contribution in [2.45, 2.75) is 52.0 Å². The van der Waals surface area contributed by atoms with Crippen LogP contribution in [-0.4, -0.2) is 54.3 Å². The lowest BCUT2D eigenvalue weighted by Crippen LogP contribution is -2.44. The molecule has 1 amide bonds. The standard InChI is InChI=1S/C24H30N2O5/c1-15-21(16(2)25-22(15)24(29)31-4)20(27)14-26(18-10-6-5-7-11-18)23(28)17-9-8-12-19(13-17)30-3/h8-9,12-13,18,25H,5-7,10-11,14H2,1-4H3. The Morgan fingerprint density at radius 3 is 2.45 bits per heavy atom.